The summed E-state index contributed by atoms with van der Waals surface area (Å²) < 4.78 is 40.6. The van der Waals surface area contributed by atoms with Crippen molar-refractivity contribution in [2.75, 3.05) is 5.32 Å². The summed E-state index contributed by atoms with van der Waals surface area (Å²) in [6.07, 6.45) is -4.68. The summed E-state index contributed by atoms with van der Waals surface area (Å²) in [6.45, 7) is 6.53. The Kier molecular flexibility index (Phi) is 5.36. The van der Waals surface area contributed by atoms with Gasteiger partial charge in [-0.1, -0.05) is 57.2 Å². The molecule has 5 heteroatoms. The minimum Gasteiger partial charge on any atom is -0.406 e. The van der Waals surface area contributed by atoms with Gasteiger partial charge >= 0.3 is 6.36 Å². The van der Waals surface area contributed by atoms with Crippen molar-refractivity contribution in [1.82, 2.24) is 0 Å². The molecule has 0 saturated carbocycles. The third-order valence-electron chi connectivity index (χ3n) is 4.35. The van der Waals surface area contributed by atoms with E-state index in [4.69, 9.17) is 0 Å². The van der Waals surface area contributed by atoms with Crippen LogP contribution in [0.5, 0.6) is 5.75 Å². The van der Waals surface area contributed by atoms with Gasteiger partial charge in [-0.15, -0.1) is 13.2 Å². The highest BCUT2D eigenvalue weighted by atomic mass is 19.4. The monoisotopic (exact) mass is 385 g/mol. The fraction of sp³-hybridized carbons (Fsp3) is 0.217. The smallest absolute Gasteiger partial charge is 0.406 e. The average Bonchev–Trinajstić information content (AvgIpc) is 2.61. The number of alkyl halides is 3. The molecule has 0 radical (unpaired) electrons. The third-order valence-corrected chi connectivity index (χ3v) is 4.35. The van der Waals surface area contributed by atoms with Gasteiger partial charge in [0.05, 0.1) is 0 Å². The van der Waals surface area contributed by atoms with Crippen LogP contribution in [0.25, 0.3) is 11.1 Å². The van der Waals surface area contributed by atoms with Crippen molar-refractivity contribution in [3.05, 3.63) is 78.4 Å². The highest BCUT2D eigenvalue weighted by Gasteiger charge is 2.30. The molecule has 0 aromatic heterocycles. The Bertz CT molecular complexity index is 907. The highest BCUT2D eigenvalue weighted by Crippen LogP contribution is 2.28. The van der Waals surface area contributed by atoms with E-state index in [2.05, 4.69) is 43.0 Å². The first-order valence-corrected chi connectivity index (χ1v) is 8.94. The van der Waals surface area contributed by atoms with Gasteiger partial charge in [0, 0.05) is 11.4 Å². The van der Waals surface area contributed by atoms with E-state index in [1.807, 2.05) is 36.4 Å². The molecule has 3 rings (SSSR count). The summed E-state index contributed by atoms with van der Waals surface area (Å²) in [5, 5.41) is 3.35. The molecule has 0 heterocycles. The molecular formula is C23H22F3NO. The predicted octanol–water partition coefficient (Wildman–Crippen LogP) is 7.29. The van der Waals surface area contributed by atoms with Crippen LogP contribution < -0.4 is 10.1 Å². The van der Waals surface area contributed by atoms with E-state index in [0.29, 0.717) is 0 Å². The van der Waals surface area contributed by atoms with Crippen LogP contribution in [0.3, 0.4) is 0 Å². The van der Waals surface area contributed by atoms with Crippen LogP contribution in [0.1, 0.15) is 26.3 Å². The molecule has 0 unspecified atom stereocenters. The van der Waals surface area contributed by atoms with Gasteiger partial charge in [0.2, 0.25) is 0 Å². The molecule has 3 aromatic carbocycles. The van der Waals surface area contributed by atoms with Crippen molar-refractivity contribution in [3.8, 4) is 16.9 Å². The molecule has 0 spiro atoms. The van der Waals surface area contributed by atoms with Crippen LogP contribution in [0.4, 0.5) is 24.5 Å². The molecule has 0 fully saturated rings. The van der Waals surface area contributed by atoms with Gasteiger partial charge in [0.1, 0.15) is 5.75 Å². The first kappa shape index (κ1) is 19.8. The maximum absolute atomic E-state index is 12.2. The summed E-state index contributed by atoms with van der Waals surface area (Å²) >= 11 is 0. The lowest BCUT2D eigenvalue weighted by atomic mass is 9.87. The second kappa shape index (κ2) is 7.58. The molecule has 0 saturated heterocycles. The standard InChI is InChI=1S/C23H22F3NO/c1-22(2,3)18-8-12-20(13-9-18)27-19-10-4-16(5-11-19)17-6-14-21(15-7-17)28-23(24,25)26/h4-15,27H,1-3H3. The minimum atomic E-state index is -4.68. The number of benzene rings is 3. The van der Waals surface area contributed by atoms with Gasteiger partial charge in [-0.05, 0) is 58.5 Å². The second-order valence-electron chi connectivity index (χ2n) is 7.60. The Hall–Kier alpha value is -2.95. The molecule has 0 aliphatic carbocycles. The number of hydrogen-bond donors (Lipinski definition) is 1. The van der Waals surface area contributed by atoms with Crippen LogP contribution in [-0.4, -0.2) is 6.36 Å². The normalized spacial score (nSPS) is 11.9. The molecule has 3 aromatic rings. The largest absolute Gasteiger partial charge is 0.573 e. The van der Waals surface area contributed by atoms with Crippen LogP contribution >= 0.6 is 0 Å². The number of halogens is 3. The van der Waals surface area contributed by atoms with Gasteiger partial charge in [0.15, 0.2) is 0 Å². The number of nitrogens with one attached hydrogen (secondary N) is 1. The van der Waals surface area contributed by atoms with Gasteiger partial charge in [-0.3, -0.25) is 0 Å². The molecule has 0 bridgehead atoms. The quantitative estimate of drug-likeness (QED) is 0.509. The van der Waals surface area contributed by atoms with E-state index in [1.54, 1.807) is 12.1 Å². The van der Waals surface area contributed by atoms with E-state index < -0.39 is 6.36 Å². The number of anilines is 2. The zero-order chi connectivity index (χ0) is 20.4. The zero-order valence-corrected chi connectivity index (χ0v) is 16.0. The summed E-state index contributed by atoms with van der Waals surface area (Å²) in [4.78, 5) is 0. The highest BCUT2D eigenvalue weighted by molar-refractivity contribution is 5.69. The summed E-state index contributed by atoms with van der Waals surface area (Å²) in [7, 11) is 0. The SMILES string of the molecule is CC(C)(C)c1ccc(Nc2ccc(-c3ccc(OC(F)(F)F)cc3)cc2)cc1. The molecular weight excluding hydrogens is 363 g/mol. The fourth-order valence-electron chi connectivity index (χ4n) is 2.82. The minimum absolute atomic E-state index is 0.112. The first-order chi connectivity index (χ1) is 13.1. The summed E-state index contributed by atoms with van der Waals surface area (Å²) in [6, 6.07) is 21.9. The van der Waals surface area contributed by atoms with Crippen molar-refractivity contribution >= 4 is 11.4 Å². The topological polar surface area (TPSA) is 21.3 Å². The van der Waals surface area contributed by atoms with E-state index >= 15 is 0 Å². The maximum atomic E-state index is 12.2. The number of rotatable bonds is 4. The van der Waals surface area contributed by atoms with Crippen molar-refractivity contribution in [3.63, 3.8) is 0 Å². The van der Waals surface area contributed by atoms with Crippen LogP contribution in [0, 0.1) is 0 Å². The molecule has 0 aliphatic rings. The molecule has 2 nitrogen and oxygen atoms in total. The Labute approximate surface area is 163 Å². The number of ether oxygens (including phenoxy) is 1. The van der Waals surface area contributed by atoms with Crippen LogP contribution in [-0.2, 0) is 5.41 Å². The molecule has 28 heavy (non-hydrogen) atoms. The second-order valence-corrected chi connectivity index (χ2v) is 7.60. The van der Waals surface area contributed by atoms with E-state index in [9.17, 15) is 13.2 Å². The molecule has 1 N–H and O–H groups in total. The van der Waals surface area contributed by atoms with Crippen molar-refractivity contribution < 1.29 is 17.9 Å². The van der Waals surface area contributed by atoms with Gasteiger partial charge in [-0.25, -0.2) is 0 Å². The fourth-order valence-corrected chi connectivity index (χ4v) is 2.82. The van der Waals surface area contributed by atoms with Gasteiger partial charge in [0.25, 0.3) is 0 Å². The number of hydrogen-bond acceptors (Lipinski definition) is 2. The van der Waals surface area contributed by atoms with E-state index in [0.717, 1.165) is 22.5 Å². The molecule has 146 valence electrons. The lowest BCUT2D eigenvalue weighted by Crippen LogP contribution is -2.16. The summed E-state index contributed by atoms with van der Waals surface area (Å²) in [5.74, 6) is -0.228. The van der Waals surface area contributed by atoms with Crippen LogP contribution in [0.2, 0.25) is 0 Å². The van der Waals surface area contributed by atoms with Crippen molar-refractivity contribution in [1.29, 1.82) is 0 Å². The Morgan fingerprint density at radius 3 is 1.50 bits per heavy atom. The zero-order valence-electron chi connectivity index (χ0n) is 16.0. The lowest BCUT2D eigenvalue weighted by molar-refractivity contribution is -0.274. The van der Waals surface area contributed by atoms with E-state index in [-0.39, 0.29) is 11.2 Å². The van der Waals surface area contributed by atoms with Crippen molar-refractivity contribution in [2.45, 2.75) is 32.5 Å². The summed E-state index contributed by atoms with van der Waals surface area (Å²) in [5.41, 5.74) is 5.04. The lowest BCUT2D eigenvalue weighted by Gasteiger charge is -2.19. The molecule has 0 amide bonds. The average molecular weight is 385 g/mol. The van der Waals surface area contributed by atoms with E-state index in [1.165, 1.54) is 17.7 Å². The van der Waals surface area contributed by atoms with Gasteiger partial charge in [-0.2, -0.15) is 0 Å². The Balaban J connectivity index is 1.68. The Morgan fingerprint density at radius 2 is 1.07 bits per heavy atom. The first-order valence-electron chi connectivity index (χ1n) is 8.94. The third kappa shape index (κ3) is 5.28. The molecule has 0 aliphatic heterocycles. The van der Waals surface area contributed by atoms with Crippen molar-refractivity contribution in [2.24, 2.45) is 0 Å². The molecule has 0 atom stereocenters. The van der Waals surface area contributed by atoms with Gasteiger partial charge < -0.3 is 10.1 Å². The Morgan fingerprint density at radius 1 is 0.643 bits per heavy atom. The van der Waals surface area contributed by atoms with Crippen LogP contribution in [0.15, 0.2) is 72.8 Å². The maximum Gasteiger partial charge on any atom is 0.573 e. The predicted molar refractivity (Wildman–Crippen MR) is 107 cm³/mol.